The third-order valence-corrected chi connectivity index (χ3v) is 0.906. The maximum absolute atomic E-state index is 11.4. The molecule has 0 aliphatic rings. The van der Waals surface area contributed by atoms with Crippen molar-refractivity contribution in [2.45, 2.75) is 20.3 Å². The predicted octanol–water partition coefficient (Wildman–Crippen LogP) is 0.955. The fourth-order valence-electron chi connectivity index (χ4n) is 0.294. The molecule has 0 aliphatic heterocycles. The van der Waals surface area contributed by atoms with E-state index in [1.165, 1.54) is 0 Å². The minimum absolute atomic E-state index is 0.257. The van der Waals surface area contributed by atoms with Crippen LogP contribution in [-0.4, -0.2) is 18.9 Å². The summed E-state index contributed by atoms with van der Waals surface area (Å²) in [5.74, 6) is -0.654. The summed E-state index contributed by atoms with van der Waals surface area (Å²) in [4.78, 5) is 14.8. The summed E-state index contributed by atoms with van der Waals surface area (Å²) in [6.07, 6.45) is -2.55. The Bertz CT molecular complexity index is 128. The van der Waals surface area contributed by atoms with Crippen LogP contribution in [0.4, 0.5) is 8.78 Å². The molecule has 0 saturated carbocycles. The Morgan fingerprint density at radius 2 is 2.09 bits per heavy atom. The highest BCUT2D eigenvalue weighted by molar-refractivity contribution is 5.76. The molecule has 0 bridgehead atoms. The van der Waals surface area contributed by atoms with E-state index in [2.05, 4.69) is 4.84 Å². The van der Waals surface area contributed by atoms with Gasteiger partial charge in [-0.15, -0.1) is 0 Å². The monoisotopic (exact) mass is 167 g/mol. The van der Waals surface area contributed by atoms with Gasteiger partial charge in [0.2, 0.25) is 5.91 Å². The summed E-state index contributed by atoms with van der Waals surface area (Å²) in [6.45, 7) is 2.51. The molecule has 0 aromatic heterocycles. The van der Waals surface area contributed by atoms with E-state index in [0.717, 1.165) is 0 Å². The van der Waals surface area contributed by atoms with Crippen LogP contribution < -0.4 is 5.48 Å². The maximum atomic E-state index is 11.4. The second-order valence-corrected chi connectivity index (χ2v) is 2.32. The van der Waals surface area contributed by atoms with Gasteiger partial charge < -0.3 is 0 Å². The average molecular weight is 167 g/mol. The van der Waals surface area contributed by atoms with E-state index in [-0.39, 0.29) is 5.92 Å². The van der Waals surface area contributed by atoms with E-state index in [1.54, 1.807) is 13.8 Å². The number of hydrogen-bond acceptors (Lipinski definition) is 2. The van der Waals surface area contributed by atoms with Gasteiger partial charge in [0.05, 0.1) is 0 Å². The highest BCUT2D eigenvalue weighted by atomic mass is 19.3. The van der Waals surface area contributed by atoms with Crippen LogP contribution in [0.5, 0.6) is 0 Å². The van der Waals surface area contributed by atoms with Gasteiger partial charge in [0.15, 0.2) is 0 Å². The smallest absolute Gasteiger partial charge is 0.264 e. The molecule has 0 radical (unpaired) electrons. The highest BCUT2D eigenvalue weighted by Gasteiger charge is 2.07. The Morgan fingerprint density at radius 1 is 1.55 bits per heavy atom. The van der Waals surface area contributed by atoms with E-state index >= 15 is 0 Å². The quantitative estimate of drug-likeness (QED) is 0.633. The Balaban J connectivity index is 3.32. The van der Waals surface area contributed by atoms with Crippen LogP contribution in [-0.2, 0) is 9.63 Å². The van der Waals surface area contributed by atoms with E-state index < -0.39 is 18.9 Å². The third kappa shape index (κ3) is 5.72. The zero-order chi connectivity index (χ0) is 8.85. The molecule has 0 aromatic carbocycles. The molecule has 66 valence electrons. The molecule has 0 rings (SSSR count). The summed E-state index contributed by atoms with van der Waals surface area (Å²) in [7, 11) is 0. The fraction of sp³-hybridized carbons (Fsp3) is 0.833. The molecule has 0 saturated heterocycles. The van der Waals surface area contributed by atoms with Crippen molar-refractivity contribution in [3.63, 3.8) is 0 Å². The number of nitrogens with one attached hydrogen (secondary N) is 1. The Morgan fingerprint density at radius 3 is 2.45 bits per heavy atom. The van der Waals surface area contributed by atoms with Crippen LogP contribution in [0, 0.1) is 5.92 Å². The number of hydrogen-bond donors (Lipinski definition) is 1. The lowest BCUT2D eigenvalue weighted by Gasteiger charge is -2.06. The maximum Gasteiger partial charge on any atom is 0.264 e. The minimum Gasteiger partial charge on any atom is -0.273 e. The van der Waals surface area contributed by atoms with Crippen LogP contribution in [0.15, 0.2) is 0 Å². The van der Waals surface area contributed by atoms with Gasteiger partial charge in [0, 0.05) is 5.92 Å². The zero-order valence-corrected chi connectivity index (χ0v) is 6.43. The van der Waals surface area contributed by atoms with Crippen molar-refractivity contribution < 1.29 is 18.4 Å². The first-order chi connectivity index (χ1) is 5.04. The molecule has 0 heterocycles. The summed E-state index contributed by atoms with van der Waals surface area (Å²) >= 11 is 0. The van der Waals surface area contributed by atoms with Crippen molar-refractivity contribution in [2.24, 2.45) is 5.92 Å². The van der Waals surface area contributed by atoms with Gasteiger partial charge in [0.1, 0.15) is 6.61 Å². The lowest BCUT2D eigenvalue weighted by molar-refractivity contribution is -0.139. The highest BCUT2D eigenvalue weighted by Crippen LogP contribution is 1.93. The number of halogens is 2. The third-order valence-electron chi connectivity index (χ3n) is 0.906. The lowest BCUT2D eigenvalue weighted by Crippen LogP contribution is -2.29. The molecule has 0 atom stereocenters. The van der Waals surface area contributed by atoms with Crippen LogP contribution in [0.2, 0.25) is 0 Å². The molecule has 0 aliphatic carbocycles. The second kappa shape index (κ2) is 5.01. The van der Waals surface area contributed by atoms with E-state index in [9.17, 15) is 13.6 Å². The molecule has 0 unspecified atom stereocenters. The molecule has 0 spiro atoms. The Hall–Kier alpha value is -0.710. The Labute approximate surface area is 63.7 Å². The number of amides is 1. The molecular formula is C6H11F2NO2. The Kier molecular flexibility index (Phi) is 4.69. The average Bonchev–Trinajstić information content (AvgIpc) is 1.86. The van der Waals surface area contributed by atoms with Crippen LogP contribution in [0.3, 0.4) is 0 Å². The number of alkyl halides is 2. The van der Waals surface area contributed by atoms with E-state index in [1.807, 2.05) is 5.48 Å². The fourth-order valence-corrected chi connectivity index (χ4v) is 0.294. The van der Waals surface area contributed by atoms with Gasteiger partial charge in [-0.25, -0.2) is 14.3 Å². The zero-order valence-electron chi connectivity index (χ0n) is 6.43. The second-order valence-electron chi connectivity index (χ2n) is 2.32. The molecular weight excluding hydrogens is 156 g/mol. The molecule has 1 amide bonds. The largest absolute Gasteiger partial charge is 0.273 e. The van der Waals surface area contributed by atoms with Crippen LogP contribution >= 0.6 is 0 Å². The van der Waals surface area contributed by atoms with Gasteiger partial charge in [0.25, 0.3) is 6.43 Å². The first kappa shape index (κ1) is 10.3. The summed E-state index contributed by atoms with van der Waals surface area (Å²) in [6, 6.07) is 0. The first-order valence-corrected chi connectivity index (χ1v) is 3.23. The number of carbonyl (C=O) groups excluding carboxylic acids is 1. The van der Waals surface area contributed by atoms with Crippen molar-refractivity contribution >= 4 is 5.91 Å². The van der Waals surface area contributed by atoms with Crippen molar-refractivity contribution in [1.82, 2.24) is 5.48 Å². The SMILES string of the molecule is CC(C)C(=O)NOCC(F)F. The van der Waals surface area contributed by atoms with Gasteiger partial charge in [-0.3, -0.25) is 9.63 Å². The van der Waals surface area contributed by atoms with Crippen LogP contribution in [0.1, 0.15) is 13.8 Å². The molecule has 0 fully saturated rings. The van der Waals surface area contributed by atoms with Crippen molar-refractivity contribution in [1.29, 1.82) is 0 Å². The van der Waals surface area contributed by atoms with Crippen molar-refractivity contribution in [2.75, 3.05) is 6.61 Å². The minimum atomic E-state index is -2.55. The van der Waals surface area contributed by atoms with E-state index in [0.29, 0.717) is 0 Å². The van der Waals surface area contributed by atoms with Gasteiger partial charge in [-0.1, -0.05) is 13.8 Å². The normalized spacial score (nSPS) is 10.7. The van der Waals surface area contributed by atoms with Crippen LogP contribution in [0.25, 0.3) is 0 Å². The number of carbonyl (C=O) groups is 1. The summed E-state index contributed by atoms with van der Waals surface area (Å²) in [5.41, 5.74) is 1.89. The number of rotatable bonds is 4. The molecule has 11 heavy (non-hydrogen) atoms. The number of hydroxylamine groups is 1. The molecule has 1 N–H and O–H groups in total. The van der Waals surface area contributed by atoms with Crippen molar-refractivity contribution in [3.05, 3.63) is 0 Å². The lowest BCUT2D eigenvalue weighted by atomic mass is 10.2. The van der Waals surface area contributed by atoms with Gasteiger partial charge in [-0.2, -0.15) is 0 Å². The van der Waals surface area contributed by atoms with Gasteiger partial charge in [-0.05, 0) is 0 Å². The summed E-state index contributed by atoms with van der Waals surface area (Å²) < 4.78 is 22.8. The molecule has 3 nitrogen and oxygen atoms in total. The predicted molar refractivity (Wildman–Crippen MR) is 34.9 cm³/mol. The molecule has 0 aromatic rings. The molecule has 5 heteroatoms. The van der Waals surface area contributed by atoms with E-state index in [4.69, 9.17) is 0 Å². The van der Waals surface area contributed by atoms with Gasteiger partial charge >= 0.3 is 0 Å². The first-order valence-electron chi connectivity index (χ1n) is 3.23. The van der Waals surface area contributed by atoms with Crippen molar-refractivity contribution in [3.8, 4) is 0 Å². The summed E-state index contributed by atoms with van der Waals surface area (Å²) in [5, 5.41) is 0. The standard InChI is InChI=1S/C6H11F2NO2/c1-4(2)6(10)9-11-3-5(7)8/h4-5H,3H2,1-2H3,(H,9,10). The topological polar surface area (TPSA) is 38.3 Å².